The molecule has 0 saturated heterocycles. The van der Waals surface area contributed by atoms with E-state index < -0.39 is 12.3 Å². The van der Waals surface area contributed by atoms with Crippen LogP contribution in [0.15, 0.2) is 34.3 Å². The second-order valence-electron chi connectivity index (χ2n) is 4.50. The van der Waals surface area contributed by atoms with Crippen LogP contribution in [-0.4, -0.2) is 24.6 Å². The summed E-state index contributed by atoms with van der Waals surface area (Å²) in [5.74, 6) is 0. The lowest BCUT2D eigenvalue weighted by molar-refractivity contribution is 0.179. The lowest BCUT2D eigenvalue weighted by Gasteiger charge is -2.21. The molecule has 19 heavy (non-hydrogen) atoms. The van der Waals surface area contributed by atoms with Gasteiger partial charge in [0.05, 0.1) is 0 Å². The summed E-state index contributed by atoms with van der Waals surface area (Å²) in [6.45, 7) is 4.04. The molecule has 5 heteroatoms. The summed E-state index contributed by atoms with van der Waals surface area (Å²) in [5, 5.41) is 0. The summed E-state index contributed by atoms with van der Waals surface area (Å²) < 4.78 is 18.9. The van der Waals surface area contributed by atoms with Crippen molar-refractivity contribution in [3.63, 3.8) is 0 Å². The summed E-state index contributed by atoms with van der Waals surface area (Å²) in [6, 6.07) is 8.12. The number of hydrogen-bond donors (Lipinski definition) is 1. The molecule has 1 aliphatic rings. The van der Waals surface area contributed by atoms with Crippen LogP contribution in [-0.2, 0) is 4.74 Å². The van der Waals surface area contributed by atoms with Crippen LogP contribution in [0.5, 0.6) is 0 Å². The van der Waals surface area contributed by atoms with E-state index in [9.17, 15) is 4.39 Å². The second-order valence-corrected chi connectivity index (χ2v) is 4.50. The number of ether oxygens (including phenoxy) is 1. The highest BCUT2D eigenvalue weighted by molar-refractivity contribution is 5.87. The predicted molar refractivity (Wildman–Crippen MR) is 74.1 cm³/mol. The molecular weight excluding hydrogens is 245 g/mol. The second kappa shape index (κ2) is 5.93. The first-order valence-corrected chi connectivity index (χ1v) is 6.35. The van der Waals surface area contributed by atoms with Crippen LogP contribution in [0.2, 0.25) is 0 Å². The lowest BCUT2D eigenvalue weighted by atomic mass is 10.0. The fourth-order valence-corrected chi connectivity index (χ4v) is 1.96. The Balaban J connectivity index is 2.15. The highest BCUT2D eigenvalue weighted by Gasteiger charge is 2.22. The van der Waals surface area contributed by atoms with Gasteiger partial charge in [-0.05, 0) is 24.5 Å². The topological polar surface area (TPSA) is 60.0 Å². The third-order valence-electron chi connectivity index (χ3n) is 3.07. The Morgan fingerprint density at radius 1 is 1.42 bits per heavy atom. The van der Waals surface area contributed by atoms with Gasteiger partial charge in [0.2, 0.25) is 0 Å². The normalized spacial score (nSPS) is 23.9. The summed E-state index contributed by atoms with van der Waals surface area (Å²) in [7, 11) is 0. The maximum Gasteiger partial charge on any atom is 0.313 e. The molecule has 3 unspecified atom stereocenters. The van der Waals surface area contributed by atoms with Gasteiger partial charge < -0.3 is 10.5 Å². The minimum atomic E-state index is -1.34. The number of aryl methyl sites for hydroxylation is 1. The van der Waals surface area contributed by atoms with E-state index in [1.807, 2.05) is 38.1 Å². The van der Waals surface area contributed by atoms with Gasteiger partial charge in [-0.1, -0.05) is 31.2 Å². The van der Waals surface area contributed by atoms with Crippen LogP contribution >= 0.6 is 0 Å². The summed E-state index contributed by atoms with van der Waals surface area (Å²) in [5.41, 5.74) is 7.74. The van der Waals surface area contributed by atoms with Gasteiger partial charge in [0.15, 0.2) is 6.17 Å². The molecule has 2 N–H and O–H groups in total. The van der Waals surface area contributed by atoms with Gasteiger partial charge in [0.1, 0.15) is 12.3 Å². The minimum absolute atomic E-state index is 0.150. The predicted octanol–water partition coefficient (Wildman–Crippen LogP) is 2.53. The summed E-state index contributed by atoms with van der Waals surface area (Å²) in [6.07, 6.45) is -0.515. The van der Waals surface area contributed by atoms with Crippen molar-refractivity contribution in [3.8, 4) is 0 Å². The van der Waals surface area contributed by atoms with Crippen LogP contribution in [0.25, 0.3) is 0 Å². The van der Waals surface area contributed by atoms with Crippen LogP contribution < -0.4 is 5.73 Å². The average Bonchev–Trinajstić information content (AvgIpc) is 2.41. The smallest absolute Gasteiger partial charge is 0.313 e. The minimum Gasteiger partial charge on any atom is -0.455 e. The average molecular weight is 263 g/mol. The molecule has 102 valence electrons. The molecule has 0 spiro atoms. The molecule has 0 aromatic heterocycles. The number of benzene rings is 1. The molecular formula is C14H18FN3O. The molecule has 0 bridgehead atoms. The number of nitrogens with zero attached hydrogens (tertiary/aromatic N) is 2. The molecule has 1 aromatic rings. The first kappa shape index (κ1) is 13.7. The number of rotatable bonds is 3. The van der Waals surface area contributed by atoms with Crippen LogP contribution in [0, 0.1) is 6.92 Å². The number of halogens is 1. The van der Waals surface area contributed by atoms with E-state index in [4.69, 9.17) is 10.5 Å². The van der Waals surface area contributed by atoms with Crippen molar-refractivity contribution in [2.45, 2.75) is 38.7 Å². The fourth-order valence-electron chi connectivity index (χ4n) is 1.96. The van der Waals surface area contributed by atoms with Crippen molar-refractivity contribution < 1.29 is 9.13 Å². The van der Waals surface area contributed by atoms with E-state index in [1.54, 1.807) is 0 Å². The molecule has 0 amide bonds. The van der Waals surface area contributed by atoms with Gasteiger partial charge in [0.25, 0.3) is 0 Å². The lowest BCUT2D eigenvalue weighted by Crippen LogP contribution is -2.35. The number of amidine groups is 1. The third kappa shape index (κ3) is 3.17. The standard InChI is InChI=1S/C14H18FN3O/c1-3-12(10-7-5-4-6-9(10)2)19-14-17-8-11(15)13(16)18-14/h4-8,11-13H,3,16H2,1-2H3. The maximum absolute atomic E-state index is 13.1. The Morgan fingerprint density at radius 2 is 2.16 bits per heavy atom. The molecule has 1 aliphatic heterocycles. The first-order chi connectivity index (χ1) is 9.11. The van der Waals surface area contributed by atoms with Crippen molar-refractivity contribution >= 4 is 12.2 Å². The fraction of sp³-hybridized carbons (Fsp3) is 0.429. The van der Waals surface area contributed by atoms with Crippen molar-refractivity contribution in [2.75, 3.05) is 0 Å². The SMILES string of the molecule is CCC(OC1=NC(N)C(F)C=N1)c1ccccc1C. The zero-order chi connectivity index (χ0) is 13.8. The highest BCUT2D eigenvalue weighted by Crippen LogP contribution is 2.25. The molecule has 1 aromatic carbocycles. The first-order valence-electron chi connectivity index (χ1n) is 6.35. The van der Waals surface area contributed by atoms with E-state index in [0.29, 0.717) is 0 Å². The molecule has 0 radical (unpaired) electrons. The molecule has 0 fully saturated rings. The zero-order valence-corrected chi connectivity index (χ0v) is 11.1. The Kier molecular flexibility index (Phi) is 4.27. The quantitative estimate of drug-likeness (QED) is 0.911. The van der Waals surface area contributed by atoms with E-state index in [1.165, 1.54) is 0 Å². The number of aliphatic imine (C=N–C) groups is 2. The molecule has 0 aliphatic carbocycles. The van der Waals surface area contributed by atoms with Gasteiger partial charge >= 0.3 is 6.02 Å². The molecule has 0 saturated carbocycles. The van der Waals surface area contributed by atoms with Crippen LogP contribution in [0.4, 0.5) is 4.39 Å². The Hall–Kier alpha value is -1.75. The Labute approximate surface area is 112 Å². The van der Waals surface area contributed by atoms with Crippen molar-refractivity contribution in [1.82, 2.24) is 0 Å². The van der Waals surface area contributed by atoms with E-state index in [-0.39, 0.29) is 12.1 Å². The molecule has 2 rings (SSSR count). The maximum atomic E-state index is 13.1. The van der Waals surface area contributed by atoms with Gasteiger partial charge in [-0.25, -0.2) is 14.4 Å². The van der Waals surface area contributed by atoms with E-state index in [2.05, 4.69) is 9.98 Å². The highest BCUT2D eigenvalue weighted by atomic mass is 19.1. The van der Waals surface area contributed by atoms with Gasteiger partial charge in [-0.2, -0.15) is 0 Å². The number of alkyl halides is 1. The molecule has 4 nitrogen and oxygen atoms in total. The van der Waals surface area contributed by atoms with Gasteiger partial charge in [-0.3, -0.25) is 0 Å². The summed E-state index contributed by atoms with van der Waals surface area (Å²) in [4.78, 5) is 7.76. The summed E-state index contributed by atoms with van der Waals surface area (Å²) >= 11 is 0. The number of nitrogens with two attached hydrogens (primary N) is 1. The largest absolute Gasteiger partial charge is 0.455 e. The third-order valence-corrected chi connectivity index (χ3v) is 3.07. The van der Waals surface area contributed by atoms with Crippen molar-refractivity contribution in [3.05, 3.63) is 35.4 Å². The van der Waals surface area contributed by atoms with Gasteiger partial charge in [0, 0.05) is 6.21 Å². The van der Waals surface area contributed by atoms with E-state index >= 15 is 0 Å². The Bertz CT molecular complexity index is 501. The molecule has 3 atom stereocenters. The number of hydrogen-bond acceptors (Lipinski definition) is 4. The molecule has 1 heterocycles. The monoisotopic (exact) mass is 263 g/mol. The van der Waals surface area contributed by atoms with E-state index in [0.717, 1.165) is 23.8 Å². The van der Waals surface area contributed by atoms with Crippen LogP contribution in [0.3, 0.4) is 0 Å². The van der Waals surface area contributed by atoms with Crippen molar-refractivity contribution in [1.29, 1.82) is 0 Å². The van der Waals surface area contributed by atoms with Crippen LogP contribution in [0.1, 0.15) is 30.6 Å². The van der Waals surface area contributed by atoms with Gasteiger partial charge in [-0.15, -0.1) is 0 Å². The Morgan fingerprint density at radius 3 is 2.79 bits per heavy atom. The zero-order valence-electron chi connectivity index (χ0n) is 11.1. The van der Waals surface area contributed by atoms with Crippen molar-refractivity contribution in [2.24, 2.45) is 15.7 Å².